The number of aliphatic imine (C=N–C) groups is 1. The second-order valence-electron chi connectivity index (χ2n) is 7.98. The molecule has 3 aromatic carbocycles. The van der Waals surface area contributed by atoms with Gasteiger partial charge >= 0.3 is 0 Å². The van der Waals surface area contributed by atoms with E-state index in [1.807, 2.05) is 37.3 Å². The molecule has 0 spiro atoms. The standard InChI is InChI=1S/C25H26N2O4S/c1-18-7-13-23(14-8-18)32(29,30)27-24(16-20-9-11-22(28)12-10-20)25-26-21(17-31-25)15-19-5-3-2-4-6-19/h2-14,21,24,27-28H,15-17H2,1H3/t21-,24-/m0/s1. The monoisotopic (exact) mass is 450 g/mol. The first kappa shape index (κ1) is 22.0. The highest BCUT2D eigenvalue weighted by atomic mass is 32.2. The summed E-state index contributed by atoms with van der Waals surface area (Å²) in [6.45, 7) is 2.31. The Morgan fingerprint density at radius 2 is 1.69 bits per heavy atom. The lowest BCUT2D eigenvalue weighted by Gasteiger charge is -2.19. The number of benzene rings is 3. The van der Waals surface area contributed by atoms with Crippen molar-refractivity contribution >= 4 is 15.9 Å². The molecule has 0 fully saturated rings. The fourth-order valence-electron chi connectivity index (χ4n) is 3.64. The number of nitrogens with one attached hydrogen (secondary N) is 1. The molecule has 166 valence electrons. The number of nitrogens with zero attached hydrogens (tertiary/aromatic N) is 1. The lowest BCUT2D eigenvalue weighted by atomic mass is 10.1. The summed E-state index contributed by atoms with van der Waals surface area (Å²) in [6, 6.07) is 22.7. The van der Waals surface area contributed by atoms with Crippen LogP contribution in [-0.4, -0.2) is 38.1 Å². The van der Waals surface area contributed by atoms with Crippen molar-refractivity contribution in [3.05, 3.63) is 95.6 Å². The molecule has 6 nitrogen and oxygen atoms in total. The van der Waals surface area contributed by atoms with Gasteiger partial charge in [0.15, 0.2) is 0 Å². The van der Waals surface area contributed by atoms with E-state index in [-0.39, 0.29) is 16.7 Å². The number of hydrogen-bond acceptors (Lipinski definition) is 5. The van der Waals surface area contributed by atoms with Gasteiger partial charge in [0.1, 0.15) is 18.4 Å². The molecule has 0 unspecified atom stereocenters. The predicted octanol–water partition coefficient (Wildman–Crippen LogP) is 3.63. The maximum atomic E-state index is 13.1. The van der Waals surface area contributed by atoms with Crippen LogP contribution in [0.25, 0.3) is 0 Å². The van der Waals surface area contributed by atoms with Gasteiger partial charge in [-0.3, -0.25) is 0 Å². The van der Waals surface area contributed by atoms with Crippen LogP contribution in [-0.2, 0) is 27.6 Å². The Morgan fingerprint density at radius 1 is 1.00 bits per heavy atom. The number of rotatable bonds is 8. The van der Waals surface area contributed by atoms with Gasteiger partial charge in [0.05, 0.1) is 10.9 Å². The Labute approximate surface area is 188 Å². The lowest BCUT2D eigenvalue weighted by Crippen LogP contribution is -2.42. The third-order valence-corrected chi connectivity index (χ3v) is 6.84. The highest BCUT2D eigenvalue weighted by Crippen LogP contribution is 2.19. The van der Waals surface area contributed by atoms with Crippen molar-refractivity contribution in [1.82, 2.24) is 4.72 Å². The van der Waals surface area contributed by atoms with Crippen LogP contribution in [0.3, 0.4) is 0 Å². The fourth-order valence-corrected chi connectivity index (χ4v) is 4.83. The van der Waals surface area contributed by atoms with Crippen molar-refractivity contribution in [1.29, 1.82) is 0 Å². The number of aryl methyl sites for hydroxylation is 1. The summed E-state index contributed by atoms with van der Waals surface area (Å²) in [5, 5.41) is 9.57. The van der Waals surface area contributed by atoms with E-state index in [4.69, 9.17) is 9.73 Å². The number of phenolic OH excluding ortho intramolecular Hbond substituents is 1. The second-order valence-corrected chi connectivity index (χ2v) is 9.69. The number of aromatic hydroxyl groups is 1. The fraction of sp³-hybridized carbons (Fsp3) is 0.240. The molecule has 2 atom stereocenters. The highest BCUT2D eigenvalue weighted by molar-refractivity contribution is 7.89. The molecule has 7 heteroatoms. The van der Waals surface area contributed by atoms with Crippen LogP contribution in [0.15, 0.2) is 88.8 Å². The first-order valence-electron chi connectivity index (χ1n) is 10.5. The van der Waals surface area contributed by atoms with Crippen LogP contribution in [0.1, 0.15) is 16.7 Å². The van der Waals surface area contributed by atoms with E-state index in [0.29, 0.717) is 18.9 Å². The zero-order valence-corrected chi connectivity index (χ0v) is 18.6. The van der Waals surface area contributed by atoms with Gasteiger partial charge in [-0.1, -0.05) is 60.2 Å². The van der Waals surface area contributed by atoms with E-state index in [1.165, 1.54) is 0 Å². The normalized spacial score (nSPS) is 16.9. The predicted molar refractivity (Wildman–Crippen MR) is 124 cm³/mol. The van der Waals surface area contributed by atoms with E-state index in [0.717, 1.165) is 23.1 Å². The molecule has 32 heavy (non-hydrogen) atoms. The number of ether oxygens (including phenoxy) is 1. The van der Waals surface area contributed by atoms with Crippen LogP contribution in [0.4, 0.5) is 0 Å². The topological polar surface area (TPSA) is 88.0 Å². The first-order valence-corrected chi connectivity index (χ1v) is 12.0. The zero-order valence-electron chi connectivity index (χ0n) is 17.8. The molecule has 1 aliphatic heterocycles. The summed E-state index contributed by atoms with van der Waals surface area (Å²) < 4.78 is 34.8. The summed E-state index contributed by atoms with van der Waals surface area (Å²) in [4.78, 5) is 4.90. The number of sulfonamides is 1. The molecule has 2 N–H and O–H groups in total. The van der Waals surface area contributed by atoms with Crippen molar-refractivity contribution < 1.29 is 18.3 Å². The molecule has 0 saturated heterocycles. The summed E-state index contributed by atoms with van der Waals surface area (Å²) >= 11 is 0. The second kappa shape index (κ2) is 9.54. The maximum Gasteiger partial charge on any atom is 0.241 e. The van der Waals surface area contributed by atoms with Crippen molar-refractivity contribution in [2.45, 2.75) is 36.7 Å². The smallest absolute Gasteiger partial charge is 0.241 e. The number of phenols is 1. The minimum Gasteiger partial charge on any atom is -0.508 e. The van der Waals surface area contributed by atoms with Crippen molar-refractivity contribution in [3.63, 3.8) is 0 Å². The zero-order chi connectivity index (χ0) is 22.6. The minimum atomic E-state index is -3.78. The molecule has 4 rings (SSSR count). The van der Waals surface area contributed by atoms with Gasteiger partial charge in [0, 0.05) is 0 Å². The van der Waals surface area contributed by atoms with Gasteiger partial charge in [-0.05, 0) is 55.2 Å². The minimum absolute atomic E-state index is 0.0707. The molecule has 0 radical (unpaired) electrons. The Hall–Kier alpha value is -3.16. The third-order valence-electron chi connectivity index (χ3n) is 5.35. The van der Waals surface area contributed by atoms with Crippen LogP contribution in [0.2, 0.25) is 0 Å². The molecular weight excluding hydrogens is 424 g/mol. The van der Waals surface area contributed by atoms with E-state index >= 15 is 0 Å². The number of hydrogen-bond donors (Lipinski definition) is 2. The van der Waals surface area contributed by atoms with Gasteiger partial charge in [-0.15, -0.1) is 0 Å². The summed E-state index contributed by atoms with van der Waals surface area (Å²) in [7, 11) is -3.78. The Kier molecular flexibility index (Phi) is 6.58. The Bertz CT molecular complexity index is 1170. The molecule has 0 aliphatic carbocycles. The average Bonchev–Trinajstić information content (AvgIpc) is 3.24. The van der Waals surface area contributed by atoms with E-state index < -0.39 is 16.1 Å². The quantitative estimate of drug-likeness (QED) is 0.549. The molecule has 0 bridgehead atoms. The van der Waals surface area contributed by atoms with Crippen molar-refractivity contribution in [2.75, 3.05) is 6.61 Å². The van der Waals surface area contributed by atoms with Crippen molar-refractivity contribution in [3.8, 4) is 5.75 Å². The van der Waals surface area contributed by atoms with Crippen LogP contribution in [0.5, 0.6) is 5.75 Å². The van der Waals surface area contributed by atoms with Gasteiger partial charge in [-0.2, -0.15) is 4.72 Å². The average molecular weight is 451 g/mol. The third kappa shape index (κ3) is 5.55. The lowest BCUT2D eigenvalue weighted by molar-refractivity contribution is 0.302. The maximum absolute atomic E-state index is 13.1. The van der Waals surface area contributed by atoms with E-state index in [9.17, 15) is 13.5 Å². The van der Waals surface area contributed by atoms with E-state index in [2.05, 4.69) is 4.72 Å². The molecule has 1 aliphatic rings. The summed E-state index contributed by atoms with van der Waals surface area (Å²) in [5.74, 6) is 0.539. The molecular formula is C25H26N2O4S. The van der Waals surface area contributed by atoms with Crippen molar-refractivity contribution in [2.24, 2.45) is 4.99 Å². The molecule has 0 amide bonds. The van der Waals surface area contributed by atoms with Gasteiger partial charge in [0.25, 0.3) is 0 Å². The van der Waals surface area contributed by atoms with Gasteiger partial charge < -0.3 is 9.84 Å². The van der Waals surface area contributed by atoms with Gasteiger partial charge in [0.2, 0.25) is 15.9 Å². The summed E-state index contributed by atoms with van der Waals surface area (Å²) in [5.41, 5.74) is 3.00. The summed E-state index contributed by atoms with van der Waals surface area (Å²) in [6.07, 6.45) is 1.07. The van der Waals surface area contributed by atoms with Crippen LogP contribution in [0, 0.1) is 6.92 Å². The first-order chi connectivity index (χ1) is 15.4. The molecule has 0 saturated carbocycles. The molecule has 3 aromatic rings. The largest absolute Gasteiger partial charge is 0.508 e. The van der Waals surface area contributed by atoms with Crippen LogP contribution >= 0.6 is 0 Å². The Morgan fingerprint density at radius 3 is 2.38 bits per heavy atom. The van der Waals surface area contributed by atoms with E-state index in [1.54, 1.807) is 48.5 Å². The Balaban J connectivity index is 1.58. The molecule has 1 heterocycles. The SMILES string of the molecule is Cc1ccc(S(=O)(=O)N[C@@H](Cc2ccc(O)cc2)C2=N[C@@H](Cc3ccccc3)CO2)cc1. The van der Waals surface area contributed by atoms with Crippen LogP contribution < -0.4 is 4.72 Å². The van der Waals surface area contributed by atoms with Gasteiger partial charge in [-0.25, -0.2) is 13.4 Å². The highest BCUT2D eigenvalue weighted by Gasteiger charge is 2.30. The molecule has 0 aromatic heterocycles.